The summed E-state index contributed by atoms with van der Waals surface area (Å²) in [5, 5.41) is 8.01. The summed E-state index contributed by atoms with van der Waals surface area (Å²) < 4.78 is 0. The van der Waals surface area contributed by atoms with Gasteiger partial charge in [-0.1, -0.05) is 6.92 Å². The van der Waals surface area contributed by atoms with Crippen molar-refractivity contribution >= 4 is 5.84 Å². The lowest BCUT2D eigenvalue weighted by Crippen LogP contribution is -2.46. The standard InChI is InChI=1S/C13H25N3/c1-13(6-9-15(2)10-7-13)11-16-8-4-3-5-12(16)14/h14H,3-11H2,1-2H3. The van der Waals surface area contributed by atoms with Gasteiger partial charge in [-0.25, -0.2) is 0 Å². The summed E-state index contributed by atoms with van der Waals surface area (Å²) in [6.45, 7) is 7.07. The molecule has 16 heavy (non-hydrogen) atoms. The van der Waals surface area contributed by atoms with Gasteiger partial charge in [0.05, 0.1) is 5.84 Å². The lowest BCUT2D eigenvalue weighted by Gasteiger charge is -2.43. The number of likely N-dealkylation sites (tertiary alicyclic amines) is 2. The molecule has 0 aromatic rings. The molecule has 2 aliphatic heterocycles. The van der Waals surface area contributed by atoms with Gasteiger partial charge in [-0.3, -0.25) is 5.41 Å². The Morgan fingerprint density at radius 1 is 1.19 bits per heavy atom. The van der Waals surface area contributed by atoms with Crippen molar-refractivity contribution < 1.29 is 0 Å². The van der Waals surface area contributed by atoms with Crippen LogP contribution in [0.3, 0.4) is 0 Å². The van der Waals surface area contributed by atoms with Crippen molar-refractivity contribution in [3.63, 3.8) is 0 Å². The van der Waals surface area contributed by atoms with E-state index in [1.165, 1.54) is 38.8 Å². The van der Waals surface area contributed by atoms with Gasteiger partial charge in [0, 0.05) is 19.5 Å². The van der Waals surface area contributed by atoms with E-state index in [-0.39, 0.29) is 0 Å². The zero-order valence-corrected chi connectivity index (χ0v) is 10.8. The van der Waals surface area contributed by atoms with E-state index in [1.54, 1.807) is 0 Å². The highest BCUT2D eigenvalue weighted by atomic mass is 15.2. The molecule has 2 aliphatic rings. The average molecular weight is 223 g/mol. The van der Waals surface area contributed by atoms with Crippen LogP contribution in [0.4, 0.5) is 0 Å². The van der Waals surface area contributed by atoms with Crippen LogP contribution in [0, 0.1) is 10.8 Å². The third kappa shape index (κ3) is 2.76. The molecule has 2 heterocycles. The first-order chi connectivity index (χ1) is 7.59. The van der Waals surface area contributed by atoms with Gasteiger partial charge in [0.15, 0.2) is 0 Å². The molecule has 2 saturated heterocycles. The SMILES string of the molecule is CN1CCC(C)(CN2CCCCC2=N)CC1. The van der Waals surface area contributed by atoms with Crippen molar-refractivity contribution in [1.82, 2.24) is 9.80 Å². The van der Waals surface area contributed by atoms with E-state index in [0.717, 1.165) is 25.3 Å². The van der Waals surface area contributed by atoms with Crippen molar-refractivity contribution in [2.24, 2.45) is 5.41 Å². The molecule has 0 aromatic carbocycles. The van der Waals surface area contributed by atoms with Crippen molar-refractivity contribution in [3.05, 3.63) is 0 Å². The number of hydrogen-bond acceptors (Lipinski definition) is 2. The molecule has 0 radical (unpaired) electrons. The highest BCUT2D eigenvalue weighted by Gasteiger charge is 2.32. The largest absolute Gasteiger partial charge is 0.360 e. The predicted molar refractivity (Wildman–Crippen MR) is 68.0 cm³/mol. The van der Waals surface area contributed by atoms with Crippen LogP contribution in [0.5, 0.6) is 0 Å². The first kappa shape index (κ1) is 11.9. The quantitative estimate of drug-likeness (QED) is 0.778. The Hall–Kier alpha value is -0.570. The Bertz CT molecular complexity index is 254. The normalized spacial score (nSPS) is 27.1. The molecule has 2 rings (SSSR count). The molecule has 92 valence electrons. The molecule has 0 atom stereocenters. The van der Waals surface area contributed by atoms with E-state index in [4.69, 9.17) is 5.41 Å². The van der Waals surface area contributed by atoms with E-state index < -0.39 is 0 Å². The summed E-state index contributed by atoms with van der Waals surface area (Å²) in [6.07, 6.45) is 6.06. The second-order valence-electron chi connectivity index (χ2n) is 5.94. The zero-order chi connectivity index (χ0) is 11.6. The maximum atomic E-state index is 8.01. The van der Waals surface area contributed by atoms with Crippen molar-refractivity contribution in [1.29, 1.82) is 5.41 Å². The van der Waals surface area contributed by atoms with Gasteiger partial charge >= 0.3 is 0 Å². The van der Waals surface area contributed by atoms with E-state index in [2.05, 4.69) is 23.8 Å². The van der Waals surface area contributed by atoms with E-state index in [9.17, 15) is 0 Å². The summed E-state index contributed by atoms with van der Waals surface area (Å²) in [5.41, 5.74) is 0.441. The topological polar surface area (TPSA) is 30.3 Å². The fourth-order valence-corrected chi connectivity index (χ4v) is 2.84. The van der Waals surface area contributed by atoms with Crippen LogP contribution in [0.1, 0.15) is 39.0 Å². The molecule has 0 unspecified atom stereocenters. The van der Waals surface area contributed by atoms with Crippen LogP contribution >= 0.6 is 0 Å². The lowest BCUT2D eigenvalue weighted by molar-refractivity contribution is 0.108. The average Bonchev–Trinajstić information content (AvgIpc) is 2.27. The van der Waals surface area contributed by atoms with Crippen LogP contribution in [0.15, 0.2) is 0 Å². The second kappa shape index (κ2) is 4.74. The molecule has 0 aromatic heterocycles. The van der Waals surface area contributed by atoms with E-state index in [1.807, 2.05) is 0 Å². The number of nitrogens with one attached hydrogen (secondary N) is 1. The van der Waals surface area contributed by atoms with Gasteiger partial charge in [0.25, 0.3) is 0 Å². The smallest absolute Gasteiger partial charge is 0.0957 e. The highest BCUT2D eigenvalue weighted by molar-refractivity contribution is 5.79. The van der Waals surface area contributed by atoms with Crippen molar-refractivity contribution in [2.75, 3.05) is 33.2 Å². The first-order valence-electron chi connectivity index (χ1n) is 6.60. The number of amidine groups is 1. The molecule has 0 amide bonds. The Morgan fingerprint density at radius 2 is 1.88 bits per heavy atom. The van der Waals surface area contributed by atoms with Crippen LogP contribution in [0.2, 0.25) is 0 Å². The van der Waals surface area contributed by atoms with Crippen LogP contribution < -0.4 is 0 Å². The Kier molecular flexibility index (Phi) is 3.53. The minimum absolute atomic E-state index is 0.441. The molecule has 0 bridgehead atoms. The molecule has 1 N–H and O–H groups in total. The summed E-state index contributed by atoms with van der Waals surface area (Å²) in [7, 11) is 2.21. The summed E-state index contributed by atoms with van der Waals surface area (Å²) >= 11 is 0. The molecule has 0 saturated carbocycles. The minimum Gasteiger partial charge on any atom is -0.360 e. The third-order valence-electron chi connectivity index (χ3n) is 4.24. The first-order valence-corrected chi connectivity index (χ1v) is 6.60. The maximum absolute atomic E-state index is 8.01. The number of nitrogens with zero attached hydrogens (tertiary/aromatic N) is 2. The van der Waals surface area contributed by atoms with Crippen molar-refractivity contribution in [2.45, 2.75) is 39.0 Å². The van der Waals surface area contributed by atoms with E-state index in [0.29, 0.717) is 5.41 Å². The maximum Gasteiger partial charge on any atom is 0.0957 e. The highest BCUT2D eigenvalue weighted by Crippen LogP contribution is 2.32. The monoisotopic (exact) mass is 223 g/mol. The molecule has 3 nitrogen and oxygen atoms in total. The third-order valence-corrected chi connectivity index (χ3v) is 4.24. The fourth-order valence-electron chi connectivity index (χ4n) is 2.84. The molecular formula is C13H25N3. The van der Waals surface area contributed by atoms with Gasteiger partial charge in [-0.15, -0.1) is 0 Å². The Balaban J connectivity index is 1.90. The van der Waals surface area contributed by atoms with Gasteiger partial charge in [0.2, 0.25) is 0 Å². The molecule has 0 aliphatic carbocycles. The predicted octanol–water partition coefficient (Wildman–Crippen LogP) is 2.18. The van der Waals surface area contributed by atoms with Crippen LogP contribution in [-0.4, -0.2) is 48.9 Å². The van der Waals surface area contributed by atoms with Gasteiger partial charge < -0.3 is 9.80 Å². The van der Waals surface area contributed by atoms with Crippen molar-refractivity contribution in [3.8, 4) is 0 Å². The lowest BCUT2D eigenvalue weighted by atomic mass is 9.79. The molecule has 0 spiro atoms. The molecule has 2 fully saturated rings. The summed E-state index contributed by atoms with van der Waals surface area (Å²) in [5.74, 6) is 0.881. The van der Waals surface area contributed by atoms with Crippen LogP contribution in [0.25, 0.3) is 0 Å². The zero-order valence-electron chi connectivity index (χ0n) is 10.8. The van der Waals surface area contributed by atoms with Crippen LogP contribution in [-0.2, 0) is 0 Å². The molecule has 3 heteroatoms. The van der Waals surface area contributed by atoms with E-state index >= 15 is 0 Å². The number of hydrogen-bond donors (Lipinski definition) is 1. The molecular weight excluding hydrogens is 198 g/mol. The fraction of sp³-hybridized carbons (Fsp3) is 0.923. The Morgan fingerprint density at radius 3 is 2.50 bits per heavy atom. The van der Waals surface area contributed by atoms with Gasteiger partial charge in [0.1, 0.15) is 0 Å². The second-order valence-corrected chi connectivity index (χ2v) is 5.94. The number of rotatable bonds is 2. The minimum atomic E-state index is 0.441. The number of piperidine rings is 2. The Labute approximate surface area is 99.3 Å². The van der Waals surface area contributed by atoms with Gasteiger partial charge in [-0.2, -0.15) is 0 Å². The summed E-state index contributed by atoms with van der Waals surface area (Å²) in [6, 6.07) is 0. The summed E-state index contributed by atoms with van der Waals surface area (Å²) in [4.78, 5) is 4.75. The van der Waals surface area contributed by atoms with Gasteiger partial charge in [-0.05, 0) is 51.2 Å².